The van der Waals surface area contributed by atoms with E-state index in [2.05, 4.69) is 20.7 Å². The van der Waals surface area contributed by atoms with Crippen molar-refractivity contribution in [1.82, 2.24) is 15.4 Å². The molecule has 4 aromatic rings. The minimum absolute atomic E-state index is 0.135. The Labute approximate surface area is 337 Å². The van der Waals surface area contributed by atoms with E-state index in [1.165, 1.54) is 18.2 Å². The Morgan fingerprint density at radius 2 is 1.47 bits per heavy atom. The molecule has 6 rings (SSSR count). The van der Waals surface area contributed by atoms with Crippen LogP contribution < -0.4 is 20.7 Å². The van der Waals surface area contributed by atoms with Gasteiger partial charge in [0.15, 0.2) is 6.29 Å². The van der Waals surface area contributed by atoms with Gasteiger partial charge in [-0.15, -0.1) is 0 Å². The molecule has 9 atom stereocenters. The summed E-state index contributed by atoms with van der Waals surface area (Å²) in [7, 11) is -4.34. The highest BCUT2D eigenvalue weighted by molar-refractivity contribution is 7.89. The van der Waals surface area contributed by atoms with E-state index in [9.17, 15) is 51.6 Å². The van der Waals surface area contributed by atoms with Gasteiger partial charge in [-0.1, -0.05) is 66.2 Å². The number of nitrogens with one attached hydrogen (secondary N) is 4. The fraction of sp³-hybridized carbons (Fsp3) is 0.350. The maximum absolute atomic E-state index is 13.9. The van der Waals surface area contributed by atoms with Gasteiger partial charge < -0.3 is 50.6 Å². The predicted molar refractivity (Wildman–Crippen MR) is 205 cm³/mol. The number of ether oxygens (including phenoxy) is 3. The molecule has 0 radical (unpaired) electrons. The van der Waals surface area contributed by atoms with Crippen molar-refractivity contribution in [2.24, 2.45) is 0 Å². The maximum Gasteiger partial charge on any atom is 0.416 e. The smallest absolute Gasteiger partial charge is 0.394 e. The molecule has 2 heterocycles. The van der Waals surface area contributed by atoms with Crippen LogP contribution in [0.1, 0.15) is 21.5 Å². The molecule has 0 bridgehead atoms. The summed E-state index contributed by atoms with van der Waals surface area (Å²) >= 11 is 0. The van der Waals surface area contributed by atoms with Crippen LogP contribution in [0.5, 0.6) is 0 Å². The fourth-order valence-electron chi connectivity index (χ4n) is 6.77. The molecule has 0 spiro atoms. The molecule has 8 N–H and O–H groups in total. The van der Waals surface area contributed by atoms with Crippen LogP contribution in [0.3, 0.4) is 0 Å². The van der Waals surface area contributed by atoms with Crippen molar-refractivity contribution < 1.29 is 65.8 Å². The van der Waals surface area contributed by atoms with Crippen molar-refractivity contribution in [2.75, 3.05) is 25.1 Å². The standard InChI is InChI=1S/C40H43F3N4O11S/c1-22-10-16-28(17-11-22)59(54,55)47-29-21-56-30(19-48)32(45-37(52)25-14-12-24(13-15-25)23-6-3-2-4-7-23)36(29)58-38-33(35(51)34(50)31(20-49)57-38)46-39(53)44-27-9-5-8-26(18-27)40(41,42)43/h2-18,29-36,38,47-51H,19-21H2,1H3,(H,45,52)(H2,44,46,53)/t29-,30+,31+,32-,33+,34+,35+,36+,38-/m0/s1. The zero-order valence-electron chi connectivity index (χ0n) is 31.3. The third-order valence-corrected chi connectivity index (χ3v) is 11.4. The molecule has 59 heavy (non-hydrogen) atoms. The third kappa shape index (κ3) is 10.4. The van der Waals surface area contributed by atoms with Crippen LogP contribution in [-0.4, -0.2) is 116 Å². The third-order valence-electron chi connectivity index (χ3n) is 9.93. The van der Waals surface area contributed by atoms with Crippen LogP contribution in [0, 0.1) is 6.92 Å². The first-order chi connectivity index (χ1) is 28.1. The second-order valence-electron chi connectivity index (χ2n) is 14.0. The quantitative estimate of drug-likeness (QED) is 0.104. The lowest BCUT2D eigenvalue weighted by Crippen LogP contribution is -2.70. The van der Waals surface area contributed by atoms with Gasteiger partial charge in [-0.05, 0) is 60.5 Å². The predicted octanol–water partition coefficient (Wildman–Crippen LogP) is 2.53. The van der Waals surface area contributed by atoms with E-state index in [0.717, 1.165) is 28.8 Å². The minimum Gasteiger partial charge on any atom is -0.394 e. The number of hydrogen-bond donors (Lipinski definition) is 8. The summed E-state index contributed by atoms with van der Waals surface area (Å²) in [4.78, 5) is 27.0. The van der Waals surface area contributed by atoms with E-state index < -0.39 is 108 Å². The molecule has 2 aliphatic rings. The first-order valence-corrected chi connectivity index (χ1v) is 19.9. The second-order valence-corrected chi connectivity index (χ2v) is 15.8. The molecule has 0 saturated carbocycles. The van der Waals surface area contributed by atoms with E-state index >= 15 is 0 Å². The number of hydrogen-bond acceptors (Lipinski definition) is 11. The number of benzene rings is 4. The Morgan fingerprint density at radius 3 is 2.12 bits per heavy atom. The zero-order valence-corrected chi connectivity index (χ0v) is 32.1. The van der Waals surface area contributed by atoms with Gasteiger partial charge >= 0.3 is 12.2 Å². The molecule has 4 aromatic carbocycles. The summed E-state index contributed by atoms with van der Waals surface area (Å²) in [6, 6.07) is 19.9. The van der Waals surface area contributed by atoms with E-state index in [0.29, 0.717) is 6.07 Å². The SMILES string of the molecule is Cc1ccc(S(=O)(=O)N[C@H]2CO[C@H](CO)[C@H](NC(=O)c3ccc(-c4ccccc4)cc3)[C@@H]2O[C@@H]2O[C@H](CO)[C@@H](O)[C@H](O)[C@H]2NC(=O)Nc2cccc(C(F)(F)F)c2)cc1. The Morgan fingerprint density at radius 1 is 0.814 bits per heavy atom. The molecule has 19 heteroatoms. The van der Waals surface area contributed by atoms with Gasteiger partial charge in [0.1, 0.15) is 36.6 Å². The Bertz CT molecular complexity index is 2170. The topological polar surface area (TPSA) is 225 Å². The first kappa shape index (κ1) is 43.6. The van der Waals surface area contributed by atoms with Crippen molar-refractivity contribution in [3.05, 3.63) is 120 Å². The maximum atomic E-state index is 13.9. The molecule has 15 nitrogen and oxygen atoms in total. The number of aliphatic hydroxyl groups is 4. The number of carbonyl (C=O) groups is 2. The Balaban J connectivity index is 1.32. The summed E-state index contributed by atoms with van der Waals surface area (Å²) in [6.45, 7) is -0.242. The van der Waals surface area contributed by atoms with Crippen LogP contribution in [0.4, 0.5) is 23.7 Å². The van der Waals surface area contributed by atoms with E-state index in [1.54, 1.807) is 43.3 Å². The monoisotopic (exact) mass is 844 g/mol. The van der Waals surface area contributed by atoms with Crippen molar-refractivity contribution in [1.29, 1.82) is 0 Å². The van der Waals surface area contributed by atoms with Crippen LogP contribution in [0.25, 0.3) is 11.1 Å². The molecule has 0 aliphatic carbocycles. The molecule has 0 unspecified atom stereocenters. The zero-order chi connectivity index (χ0) is 42.5. The van der Waals surface area contributed by atoms with Crippen LogP contribution in [0.2, 0.25) is 0 Å². The Hall–Kier alpha value is -4.96. The van der Waals surface area contributed by atoms with E-state index in [-0.39, 0.29) is 16.1 Å². The normalized spacial score (nSPS) is 26.1. The highest BCUT2D eigenvalue weighted by Crippen LogP contribution is 2.32. The average molecular weight is 845 g/mol. The molecule has 3 amide bonds. The Kier molecular flexibility index (Phi) is 13.7. The van der Waals surface area contributed by atoms with Crippen molar-refractivity contribution in [3.8, 4) is 11.1 Å². The van der Waals surface area contributed by atoms with Crippen molar-refractivity contribution in [2.45, 2.75) is 72.9 Å². The van der Waals surface area contributed by atoms with Gasteiger partial charge in [0.2, 0.25) is 10.0 Å². The van der Waals surface area contributed by atoms with Gasteiger partial charge in [0.05, 0.1) is 42.4 Å². The molecule has 0 aromatic heterocycles. The average Bonchev–Trinajstić information content (AvgIpc) is 3.21. The second kappa shape index (κ2) is 18.5. The lowest BCUT2D eigenvalue weighted by atomic mass is 9.93. The number of sulfonamides is 1. The van der Waals surface area contributed by atoms with Gasteiger partial charge in [-0.25, -0.2) is 17.9 Å². The van der Waals surface area contributed by atoms with Gasteiger partial charge in [0.25, 0.3) is 5.91 Å². The lowest BCUT2D eigenvalue weighted by Gasteiger charge is -2.47. The molecular weight excluding hydrogens is 802 g/mol. The number of urea groups is 1. The highest BCUT2D eigenvalue weighted by Gasteiger charge is 2.51. The fourth-order valence-corrected chi connectivity index (χ4v) is 8.00. The van der Waals surface area contributed by atoms with Crippen LogP contribution in [0.15, 0.2) is 108 Å². The summed E-state index contributed by atoms with van der Waals surface area (Å²) in [5.74, 6) is -0.685. The number of rotatable bonds is 12. The largest absolute Gasteiger partial charge is 0.416 e. The summed E-state index contributed by atoms with van der Waals surface area (Å²) in [5, 5.41) is 49.8. The molecule has 2 fully saturated rings. The summed E-state index contributed by atoms with van der Waals surface area (Å²) in [5.41, 5.74) is 1.31. The lowest BCUT2D eigenvalue weighted by molar-refractivity contribution is -0.293. The molecular formula is C40H43F3N4O11S. The number of alkyl halides is 3. The summed E-state index contributed by atoms with van der Waals surface area (Å²) < 4.78 is 88.1. The number of carbonyl (C=O) groups excluding carboxylic acids is 2. The minimum atomic E-state index is -4.73. The van der Waals surface area contributed by atoms with Gasteiger partial charge in [-0.3, -0.25) is 4.79 Å². The van der Waals surface area contributed by atoms with Crippen LogP contribution in [-0.2, 0) is 30.4 Å². The first-order valence-electron chi connectivity index (χ1n) is 18.4. The van der Waals surface area contributed by atoms with E-state index in [1.807, 2.05) is 30.3 Å². The van der Waals surface area contributed by atoms with Crippen molar-refractivity contribution >= 4 is 27.6 Å². The number of aliphatic hydroxyl groups excluding tert-OH is 4. The van der Waals surface area contributed by atoms with Crippen molar-refractivity contribution in [3.63, 3.8) is 0 Å². The number of aryl methyl sites for hydroxylation is 1. The molecule has 2 saturated heterocycles. The highest BCUT2D eigenvalue weighted by atomic mass is 32.2. The number of anilines is 1. The van der Waals surface area contributed by atoms with Crippen LogP contribution >= 0.6 is 0 Å². The molecule has 316 valence electrons. The van der Waals surface area contributed by atoms with Gasteiger partial charge in [-0.2, -0.15) is 13.2 Å². The van der Waals surface area contributed by atoms with Gasteiger partial charge in [0, 0.05) is 11.3 Å². The summed E-state index contributed by atoms with van der Waals surface area (Å²) in [6.07, 6.45) is -14.6. The van der Waals surface area contributed by atoms with E-state index in [4.69, 9.17) is 14.2 Å². The number of amides is 3. The number of halogens is 3. The molecule has 2 aliphatic heterocycles.